The van der Waals surface area contributed by atoms with Gasteiger partial charge in [-0.25, -0.2) is 4.79 Å². The number of aliphatic carboxylic acids is 1. The van der Waals surface area contributed by atoms with Crippen LogP contribution in [0.4, 0.5) is 0 Å². The first kappa shape index (κ1) is 16.9. The fourth-order valence-electron chi connectivity index (χ4n) is 2.40. The predicted molar refractivity (Wildman–Crippen MR) is 83.1 cm³/mol. The smallest absolute Gasteiger partial charge is 0.333 e. The Hall–Kier alpha value is -1.17. The Kier molecular flexibility index (Phi) is 6.39. The lowest BCUT2D eigenvalue weighted by molar-refractivity contribution is -0.146. The van der Waals surface area contributed by atoms with E-state index in [9.17, 15) is 9.90 Å². The molecule has 0 aliphatic rings. The average Bonchev–Trinajstić information content (AvgIpc) is 2.49. The van der Waals surface area contributed by atoms with E-state index in [1.807, 2.05) is 30.3 Å². The molecular formula is C15H25NO3Si. The van der Waals surface area contributed by atoms with Crippen molar-refractivity contribution in [2.75, 3.05) is 0 Å². The molecule has 0 aliphatic carbocycles. The number of hydrogen-bond donors (Lipinski definition) is 2. The third kappa shape index (κ3) is 3.91. The maximum absolute atomic E-state index is 11.6. The van der Waals surface area contributed by atoms with E-state index in [0.717, 1.165) is 23.7 Å². The lowest BCUT2D eigenvalue weighted by atomic mass is 10.0. The van der Waals surface area contributed by atoms with E-state index >= 15 is 0 Å². The van der Waals surface area contributed by atoms with Crippen LogP contribution in [0.1, 0.15) is 32.4 Å². The summed E-state index contributed by atoms with van der Waals surface area (Å²) < 4.78 is 6.08. The molecule has 0 aliphatic heterocycles. The minimum Gasteiger partial charge on any atom is -0.479 e. The fourth-order valence-corrected chi connectivity index (χ4v) is 5.18. The highest BCUT2D eigenvalue weighted by Crippen LogP contribution is 2.27. The normalized spacial score (nSPS) is 14.8. The van der Waals surface area contributed by atoms with Gasteiger partial charge >= 0.3 is 5.97 Å². The number of nitrogens with two attached hydrogens (primary N) is 1. The summed E-state index contributed by atoms with van der Waals surface area (Å²) in [7, 11) is -2.00. The minimum absolute atomic E-state index is 0.634. The molecule has 3 N–H and O–H groups in total. The maximum Gasteiger partial charge on any atom is 0.333 e. The van der Waals surface area contributed by atoms with Gasteiger partial charge in [0, 0.05) is 0 Å². The van der Waals surface area contributed by atoms with Gasteiger partial charge in [-0.1, -0.05) is 51.1 Å². The summed E-state index contributed by atoms with van der Waals surface area (Å²) >= 11 is 0. The zero-order valence-electron chi connectivity index (χ0n) is 12.5. The van der Waals surface area contributed by atoms with Crippen LogP contribution in [-0.4, -0.2) is 25.5 Å². The molecule has 5 heteroatoms. The molecule has 1 aromatic carbocycles. The zero-order chi connectivity index (χ0) is 15.2. The van der Waals surface area contributed by atoms with Crippen LogP contribution in [0.3, 0.4) is 0 Å². The molecule has 20 heavy (non-hydrogen) atoms. The summed E-state index contributed by atoms with van der Waals surface area (Å²) in [5.74, 6) is -0.978. The van der Waals surface area contributed by atoms with Crippen LogP contribution < -0.4 is 5.73 Å². The van der Waals surface area contributed by atoms with E-state index in [-0.39, 0.29) is 0 Å². The molecule has 2 atom stereocenters. The van der Waals surface area contributed by atoms with Crippen molar-refractivity contribution in [3.05, 3.63) is 35.9 Å². The standard InChI is InChI=1S/C15H25NO3Si/c1-4-20(5-2,6-3)19-14(15(17)18)13(16)12-10-8-7-9-11-12/h7-11,13-14H,4-6,16H2,1-3H3,(H,17,18). The van der Waals surface area contributed by atoms with Crippen molar-refractivity contribution >= 4 is 14.3 Å². The van der Waals surface area contributed by atoms with Gasteiger partial charge in [-0.05, 0) is 23.7 Å². The van der Waals surface area contributed by atoms with Crippen LogP contribution in [0.25, 0.3) is 0 Å². The molecule has 0 amide bonds. The van der Waals surface area contributed by atoms with E-state index in [0.29, 0.717) is 0 Å². The lowest BCUT2D eigenvalue weighted by Gasteiger charge is -2.33. The van der Waals surface area contributed by atoms with Crippen LogP contribution in [-0.2, 0) is 9.22 Å². The first-order valence-electron chi connectivity index (χ1n) is 7.20. The molecule has 0 aromatic heterocycles. The van der Waals surface area contributed by atoms with Crippen LogP contribution in [0, 0.1) is 0 Å². The zero-order valence-corrected chi connectivity index (χ0v) is 13.5. The largest absolute Gasteiger partial charge is 0.479 e. The topological polar surface area (TPSA) is 72.5 Å². The second kappa shape index (κ2) is 7.57. The molecule has 2 unspecified atom stereocenters. The fraction of sp³-hybridized carbons (Fsp3) is 0.533. The van der Waals surface area contributed by atoms with Crippen LogP contribution in [0.5, 0.6) is 0 Å². The van der Waals surface area contributed by atoms with E-state index in [2.05, 4.69) is 20.8 Å². The quantitative estimate of drug-likeness (QED) is 0.723. The Bertz CT molecular complexity index is 412. The Balaban J connectivity index is 2.98. The summed E-state index contributed by atoms with van der Waals surface area (Å²) in [5, 5.41) is 9.47. The number of carbonyl (C=O) groups is 1. The van der Waals surface area contributed by atoms with Crippen LogP contribution in [0.15, 0.2) is 30.3 Å². The molecule has 112 valence electrons. The molecular weight excluding hydrogens is 270 g/mol. The summed E-state index contributed by atoms with van der Waals surface area (Å²) in [4.78, 5) is 11.6. The van der Waals surface area contributed by atoms with Gasteiger partial charge in [-0.15, -0.1) is 0 Å². The second-order valence-corrected chi connectivity index (χ2v) is 9.78. The predicted octanol–water partition coefficient (Wildman–Crippen LogP) is 3.16. The third-order valence-corrected chi connectivity index (χ3v) is 8.68. The van der Waals surface area contributed by atoms with Crippen molar-refractivity contribution in [2.24, 2.45) is 5.73 Å². The van der Waals surface area contributed by atoms with Gasteiger partial charge in [-0.3, -0.25) is 0 Å². The second-order valence-electron chi connectivity index (χ2n) is 5.06. The summed E-state index contributed by atoms with van der Waals surface area (Å²) in [6.45, 7) is 6.23. The first-order valence-corrected chi connectivity index (χ1v) is 9.73. The van der Waals surface area contributed by atoms with Gasteiger partial charge < -0.3 is 15.3 Å². The molecule has 4 nitrogen and oxygen atoms in total. The SMILES string of the molecule is CC[Si](CC)(CC)OC(C(=O)O)C(N)c1ccccc1. The molecule has 0 fully saturated rings. The highest BCUT2D eigenvalue weighted by atomic mass is 28.4. The van der Waals surface area contributed by atoms with E-state index in [1.165, 1.54) is 0 Å². The van der Waals surface area contributed by atoms with Gasteiger partial charge in [0.1, 0.15) is 0 Å². The molecule has 1 rings (SSSR count). The Labute approximate surface area is 122 Å². The monoisotopic (exact) mass is 295 g/mol. The lowest BCUT2D eigenvalue weighted by Crippen LogP contribution is -2.47. The summed E-state index contributed by atoms with van der Waals surface area (Å²) in [6, 6.07) is 11.4. The highest BCUT2D eigenvalue weighted by Gasteiger charge is 2.37. The van der Waals surface area contributed by atoms with Crippen molar-refractivity contribution in [3.8, 4) is 0 Å². The van der Waals surface area contributed by atoms with Crippen molar-refractivity contribution in [1.82, 2.24) is 0 Å². The third-order valence-electron chi connectivity index (χ3n) is 4.06. The average molecular weight is 295 g/mol. The maximum atomic E-state index is 11.6. The molecule has 0 spiro atoms. The van der Waals surface area contributed by atoms with Crippen molar-refractivity contribution < 1.29 is 14.3 Å². The Morgan fingerprint density at radius 2 is 1.70 bits per heavy atom. The number of rotatable bonds is 8. The Morgan fingerprint density at radius 1 is 1.20 bits per heavy atom. The van der Waals surface area contributed by atoms with Gasteiger partial charge in [0.25, 0.3) is 0 Å². The summed E-state index contributed by atoms with van der Waals surface area (Å²) in [5.41, 5.74) is 6.93. The summed E-state index contributed by atoms with van der Waals surface area (Å²) in [6.07, 6.45) is -0.969. The number of carboxylic acid groups (broad SMARTS) is 1. The molecule has 0 radical (unpaired) electrons. The van der Waals surface area contributed by atoms with Gasteiger partial charge in [0.05, 0.1) is 6.04 Å². The minimum atomic E-state index is -2.00. The molecule has 0 saturated heterocycles. The van der Waals surface area contributed by atoms with E-state index < -0.39 is 26.4 Å². The molecule has 0 saturated carbocycles. The van der Waals surface area contributed by atoms with Crippen molar-refractivity contribution in [3.63, 3.8) is 0 Å². The van der Waals surface area contributed by atoms with Crippen molar-refractivity contribution in [2.45, 2.75) is 51.0 Å². The van der Waals surface area contributed by atoms with Crippen molar-refractivity contribution in [1.29, 1.82) is 0 Å². The van der Waals surface area contributed by atoms with Crippen LogP contribution in [0.2, 0.25) is 18.1 Å². The highest BCUT2D eigenvalue weighted by molar-refractivity contribution is 6.73. The number of carboxylic acids is 1. The first-order chi connectivity index (χ1) is 9.49. The molecule has 1 aromatic rings. The Morgan fingerprint density at radius 3 is 2.10 bits per heavy atom. The van der Waals surface area contributed by atoms with Crippen LogP contribution >= 0.6 is 0 Å². The molecule has 0 heterocycles. The van der Waals surface area contributed by atoms with Gasteiger partial charge in [0.15, 0.2) is 14.4 Å². The van der Waals surface area contributed by atoms with Gasteiger partial charge in [0.2, 0.25) is 0 Å². The number of hydrogen-bond acceptors (Lipinski definition) is 3. The van der Waals surface area contributed by atoms with Gasteiger partial charge in [-0.2, -0.15) is 0 Å². The van der Waals surface area contributed by atoms with E-state index in [1.54, 1.807) is 0 Å². The number of benzene rings is 1. The van der Waals surface area contributed by atoms with E-state index in [4.69, 9.17) is 10.2 Å². The molecule has 0 bridgehead atoms.